The van der Waals surface area contributed by atoms with Gasteiger partial charge in [-0.15, -0.1) is 5.10 Å². The lowest BCUT2D eigenvalue weighted by Gasteiger charge is -2.16. The SMILES string of the molecule is CS(=O)(=O)n1c2c(c3cc(Cl)ccc31)C(=NN=C(N)N)CCC2. The van der Waals surface area contributed by atoms with Crippen LogP contribution < -0.4 is 11.5 Å². The molecule has 1 aliphatic carbocycles. The quantitative estimate of drug-likeness (QED) is 0.482. The van der Waals surface area contributed by atoms with E-state index >= 15 is 0 Å². The van der Waals surface area contributed by atoms with Crippen molar-refractivity contribution in [3.05, 3.63) is 34.5 Å². The van der Waals surface area contributed by atoms with Crippen LogP contribution in [0.3, 0.4) is 0 Å². The lowest BCUT2D eigenvalue weighted by molar-refractivity contribution is 0.592. The largest absolute Gasteiger partial charge is 0.369 e. The predicted octanol–water partition coefficient (Wildman–Crippen LogP) is 1.42. The molecule has 0 atom stereocenters. The van der Waals surface area contributed by atoms with Gasteiger partial charge in [-0.25, -0.2) is 12.4 Å². The van der Waals surface area contributed by atoms with Crippen LogP contribution >= 0.6 is 11.6 Å². The van der Waals surface area contributed by atoms with Crippen LogP contribution in [-0.4, -0.2) is 30.3 Å². The second-order valence-corrected chi connectivity index (χ2v) is 7.70. The van der Waals surface area contributed by atoms with E-state index in [2.05, 4.69) is 10.2 Å². The molecule has 0 saturated carbocycles. The summed E-state index contributed by atoms with van der Waals surface area (Å²) in [4.78, 5) is 0. The predicted molar refractivity (Wildman–Crippen MR) is 92.5 cm³/mol. The molecule has 0 unspecified atom stereocenters. The van der Waals surface area contributed by atoms with Gasteiger partial charge in [0.05, 0.1) is 17.5 Å². The van der Waals surface area contributed by atoms with Crippen molar-refractivity contribution in [3.63, 3.8) is 0 Å². The molecule has 1 aromatic carbocycles. The van der Waals surface area contributed by atoms with Gasteiger partial charge in [0.25, 0.3) is 0 Å². The Bertz CT molecular complexity index is 955. The third kappa shape index (κ3) is 2.79. The third-order valence-corrected chi connectivity index (χ3v) is 5.03. The first kappa shape index (κ1) is 15.8. The van der Waals surface area contributed by atoms with Crippen molar-refractivity contribution in [2.24, 2.45) is 21.7 Å². The monoisotopic (exact) mass is 353 g/mol. The summed E-state index contributed by atoms with van der Waals surface area (Å²) in [6, 6.07) is 5.12. The molecule has 122 valence electrons. The van der Waals surface area contributed by atoms with Gasteiger partial charge in [-0.1, -0.05) is 11.6 Å². The first-order valence-electron chi connectivity index (χ1n) is 6.98. The van der Waals surface area contributed by atoms with Gasteiger partial charge in [-0.2, -0.15) is 5.10 Å². The maximum absolute atomic E-state index is 12.3. The standard InChI is InChI=1S/C14H16ClN5O2S/c1-23(21,22)20-11-6-5-8(15)7-9(11)13-10(18-19-14(16)17)3-2-4-12(13)20/h5-7H,2-4H2,1H3,(H4,16,17,19). The second-order valence-electron chi connectivity index (χ2n) is 5.44. The van der Waals surface area contributed by atoms with Crippen LogP contribution in [-0.2, 0) is 16.4 Å². The summed E-state index contributed by atoms with van der Waals surface area (Å²) in [6.45, 7) is 0. The lowest BCUT2D eigenvalue weighted by atomic mass is 9.94. The van der Waals surface area contributed by atoms with Crippen LogP contribution in [0, 0.1) is 0 Å². The maximum atomic E-state index is 12.3. The van der Waals surface area contributed by atoms with Gasteiger partial charge in [-0.05, 0) is 37.5 Å². The van der Waals surface area contributed by atoms with Gasteiger partial charge in [0.1, 0.15) is 0 Å². The molecule has 4 N–H and O–H groups in total. The fraction of sp³-hybridized carbons (Fsp3) is 0.286. The minimum atomic E-state index is -3.46. The Balaban J connectivity index is 2.42. The van der Waals surface area contributed by atoms with Gasteiger partial charge in [-0.3, -0.25) is 0 Å². The van der Waals surface area contributed by atoms with E-state index in [9.17, 15) is 8.42 Å². The molecule has 0 amide bonds. The Kier molecular flexibility index (Phi) is 3.81. The highest BCUT2D eigenvalue weighted by Crippen LogP contribution is 2.35. The van der Waals surface area contributed by atoms with Gasteiger partial charge < -0.3 is 11.5 Å². The first-order valence-corrected chi connectivity index (χ1v) is 9.21. The number of rotatable bonds is 2. The number of fused-ring (bicyclic) bond motifs is 3. The van der Waals surface area contributed by atoms with Gasteiger partial charge in [0.2, 0.25) is 16.0 Å². The molecule has 0 saturated heterocycles. The topological polar surface area (TPSA) is 116 Å². The minimum absolute atomic E-state index is 0.144. The van der Waals surface area contributed by atoms with Crippen molar-refractivity contribution in [1.82, 2.24) is 3.97 Å². The number of nitrogens with zero attached hydrogens (tertiary/aromatic N) is 3. The molecule has 0 spiro atoms. The van der Waals surface area contributed by atoms with Crippen LogP contribution in [0.5, 0.6) is 0 Å². The number of guanidine groups is 1. The van der Waals surface area contributed by atoms with Crippen LogP contribution in [0.1, 0.15) is 24.1 Å². The van der Waals surface area contributed by atoms with Crippen molar-refractivity contribution < 1.29 is 8.42 Å². The Morgan fingerprint density at radius 2 is 2.04 bits per heavy atom. The van der Waals surface area contributed by atoms with E-state index in [1.165, 1.54) is 10.2 Å². The Hall–Kier alpha value is -2.06. The molecule has 9 heteroatoms. The van der Waals surface area contributed by atoms with Crippen molar-refractivity contribution in [2.75, 3.05) is 6.26 Å². The van der Waals surface area contributed by atoms with E-state index in [4.69, 9.17) is 23.1 Å². The molecule has 1 aromatic heterocycles. The zero-order valence-corrected chi connectivity index (χ0v) is 14.0. The summed E-state index contributed by atoms with van der Waals surface area (Å²) in [5.41, 5.74) is 13.4. The number of halogens is 1. The molecule has 7 nitrogen and oxygen atoms in total. The van der Waals surface area contributed by atoms with Crippen LogP contribution in [0.15, 0.2) is 28.4 Å². The van der Waals surface area contributed by atoms with E-state index in [1.54, 1.807) is 18.2 Å². The summed E-state index contributed by atoms with van der Waals surface area (Å²) >= 11 is 6.09. The van der Waals surface area contributed by atoms with Crippen LogP contribution in [0.2, 0.25) is 5.02 Å². The number of hydrogen-bond donors (Lipinski definition) is 2. The molecule has 0 fully saturated rings. The summed E-state index contributed by atoms with van der Waals surface area (Å²) in [7, 11) is -3.46. The average Bonchev–Trinajstić information content (AvgIpc) is 2.79. The van der Waals surface area contributed by atoms with Gasteiger partial charge in [0.15, 0.2) is 0 Å². The molecule has 1 heterocycles. The molecular formula is C14H16ClN5O2S. The number of aromatic nitrogens is 1. The molecule has 2 aromatic rings. The molecule has 23 heavy (non-hydrogen) atoms. The fourth-order valence-corrected chi connectivity index (χ4v) is 4.25. The average molecular weight is 354 g/mol. The van der Waals surface area contributed by atoms with E-state index in [0.29, 0.717) is 34.8 Å². The summed E-state index contributed by atoms with van der Waals surface area (Å²) in [5, 5.41) is 9.08. The smallest absolute Gasteiger partial charge is 0.236 e. The maximum Gasteiger partial charge on any atom is 0.236 e. The molecule has 0 bridgehead atoms. The van der Waals surface area contributed by atoms with Crippen molar-refractivity contribution in [2.45, 2.75) is 19.3 Å². The highest BCUT2D eigenvalue weighted by Gasteiger charge is 2.28. The third-order valence-electron chi connectivity index (χ3n) is 3.71. The van der Waals surface area contributed by atoms with Crippen LogP contribution in [0.4, 0.5) is 0 Å². The van der Waals surface area contributed by atoms with E-state index in [-0.39, 0.29) is 5.96 Å². The van der Waals surface area contributed by atoms with E-state index in [0.717, 1.165) is 17.4 Å². The normalized spacial score (nSPS) is 16.5. The van der Waals surface area contributed by atoms with Crippen LogP contribution in [0.25, 0.3) is 10.9 Å². The van der Waals surface area contributed by atoms with Gasteiger partial charge in [0, 0.05) is 21.7 Å². The molecule has 3 rings (SSSR count). The van der Waals surface area contributed by atoms with E-state index in [1.807, 2.05) is 0 Å². The van der Waals surface area contributed by atoms with Crippen molar-refractivity contribution >= 4 is 44.2 Å². The fourth-order valence-electron chi connectivity index (χ4n) is 2.98. The minimum Gasteiger partial charge on any atom is -0.369 e. The zero-order chi connectivity index (χ0) is 16.8. The molecule has 0 radical (unpaired) electrons. The van der Waals surface area contributed by atoms with E-state index < -0.39 is 10.0 Å². The Morgan fingerprint density at radius 1 is 1.30 bits per heavy atom. The lowest BCUT2D eigenvalue weighted by Crippen LogP contribution is -2.22. The highest BCUT2D eigenvalue weighted by atomic mass is 35.5. The Labute approximate surface area is 138 Å². The molecular weight excluding hydrogens is 338 g/mol. The summed E-state index contributed by atoms with van der Waals surface area (Å²) in [6.07, 6.45) is 3.25. The first-order chi connectivity index (χ1) is 10.8. The number of hydrogen-bond acceptors (Lipinski definition) is 4. The number of benzene rings is 1. The van der Waals surface area contributed by atoms with Crippen molar-refractivity contribution in [1.29, 1.82) is 0 Å². The molecule has 0 aliphatic heterocycles. The summed E-state index contributed by atoms with van der Waals surface area (Å²) in [5.74, 6) is -0.144. The highest BCUT2D eigenvalue weighted by molar-refractivity contribution is 7.89. The Morgan fingerprint density at radius 3 is 2.70 bits per heavy atom. The van der Waals surface area contributed by atoms with Gasteiger partial charge >= 0.3 is 0 Å². The zero-order valence-electron chi connectivity index (χ0n) is 12.5. The molecule has 1 aliphatic rings. The number of nitrogens with two attached hydrogens (primary N) is 2. The van der Waals surface area contributed by atoms with Crippen molar-refractivity contribution in [3.8, 4) is 0 Å². The second kappa shape index (κ2) is 5.54. The summed E-state index contributed by atoms with van der Waals surface area (Å²) < 4.78 is 25.9.